The van der Waals surface area contributed by atoms with E-state index < -0.39 is 92.2 Å². The molecule has 0 amide bonds. The van der Waals surface area contributed by atoms with Crippen molar-refractivity contribution in [3.63, 3.8) is 0 Å². The number of benzene rings is 1. The van der Waals surface area contributed by atoms with Gasteiger partial charge in [-0.3, -0.25) is 4.79 Å². The molecule has 14 atom stereocenters. The molecule has 0 spiro atoms. The summed E-state index contributed by atoms with van der Waals surface area (Å²) in [6.07, 6.45) is -16.5. The summed E-state index contributed by atoms with van der Waals surface area (Å²) in [6.45, 7) is -0.770. The first-order valence-electron chi connectivity index (χ1n) is 13.9. The van der Waals surface area contributed by atoms with E-state index in [0.29, 0.717) is 11.3 Å². The Bertz CT molecular complexity index is 1130. The first-order valence-corrected chi connectivity index (χ1v) is 13.9. The maximum absolute atomic E-state index is 13.5. The fourth-order valence-corrected chi connectivity index (χ4v) is 5.87. The molecular weight excluding hydrogens is 576 g/mol. The Balaban J connectivity index is 1.26. The third-order valence-corrected chi connectivity index (χ3v) is 8.39. The van der Waals surface area contributed by atoms with Crippen molar-refractivity contribution in [2.45, 2.75) is 86.1 Å². The molecule has 1 aromatic rings. The van der Waals surface area contributed by atoms with Gasteiger partial charge in [0.15, 0.2) is 18.4 Å². The Kier molecular flexibility index (Phi) is 10.0. The summed E-state index contributed by atoms with van der Waals surface area (Å²) in [5.74, 6) is -0.710. The predicted octanol–water partition coefficient (Wildman–Crippen LogP) is -2.95. The van der Waals surface area contributed by atoms with Crippen molar-refractivity contribution < 1.29 is 73.7 Å². The number of rotatable bonds is 8. The van der Waals surface area contributed by atoms with Crippen LogP contribution in [-0.2, 0) is 33.2 Å². The predicted molar refractivity (Wildman–Crippen MR) is 141 cm³/mol. The van der Waals surface area contributed by atoms with Crippen molar-refractivity contribution in [2.24, 2.45) is 5.92 Å². The van der Waals surface area contributed by atoms with Crippen LogP contribution in [0.1, 0.15) is 12.0 Å². The lowest BCUT2D eigenvalue weighted by atomic mass is 9.74. The molecule has 3 heterocycles. The van der Waals surface area contributed by atoms with Gasteiger partial charge in [-0.05, 0) is 17.7 Å². The van der Waals surface area contributed by atoms with Crippen molar-refractivity contribution in [3.8, 4) is 5.75 Å². The van der Waals surface area contributed by atoms with Gasteiger partial charge in [-0.2, -0.15) is 0 Å². The average molecular weight is 615 g/mol. The molecule has 0 bridgehead atoms. The molecule has 0 aromatic heterocycles. The lowest BCUT2D eigenvalue weighted by molar-refractivity contribution is -0.337. The Morgan fingerprint density at radius 2 is 1.56 bits per heavy atom. The number of carbonyl (C=O) groups excluding carboxylic acids is 1. The molecule has 5 rings (SSSR count). The molecular formula is C28H38O15. The molecule has 1 saturated carbocycles. The highest BCUT2D eigenvalue weighted by molar-refractivity contribution is 6.22. The van der Waals surface area contributed by atoms with E-state index in [9.17, 15) is 40.5 Å². The van der Waals surface area contributed by atoms with E-state index in [0.717, 1.165) is 0 Å². The lowest BCUT2D eigenvalue weighted by Gasteiger charge is -2.47. The molecule has 15 heteroatoms. The zero-order valence-electron chi connectivity index (χ0n) is 23.5. The summed E-state index contributed by atoms with van der Waals surface area (Å²) in [5, 5.41) is 72.5. The van der Waals surface area contributed by atoms with Gasteiger partial charge in [0.25, 0.3) is 0 Å². The second-order valence-corrected chi connectivity index (χ2v) is 11.0. The van der Waals surface area contributed by atoms with E-state index in [-0.39, 0.29) is 24.4 Å². The first-order chi connectivity index (χ1) is 20.5. The number of allylic oxidation sites excluding steroid dienone is 1. The minimum Gasteiger partial charge on any atom is -0.497 e. The molecule has 3 aliphatic heterocycles. The highest BCUT2D eigenvalue weighted by Crippen LogP contribution is 2.40. The monoisotopic (exact) mass is 614 g/mol. The van der Waals surface area contributed by atoms with Gasteiger partial charge in [-0.1, -0.05) is 12.1 Å². The van der Waals surface area contributed by atoms with Gasteiger partial charge in [0.1, 0.15) is 60.7 Å². The topological polar surface area (TPSA) is 223 Å². The number of ketones is 1. The summed E-state index contributed by atoms with van der Waals surface area (Å²) in [7, 11) is 2.85. The molecule has 2 saturated heterocycles. The van der Waals surface area contributed by atoms with Gasteiger partial charge >= 0.3 is 0 Å². The second kappa shape index (κ2) is 13.4. The summed E-state index contributed by atoms with van der Waals surface area (Å²) in [5.41, 5.74) is 0.859. The molecule has 15 nitrogen and oxygen atoms in total. The standard InChI is InChI=1S/C28H38O15/c1-37-12-5-3-11(4-6-12)13-8-39-15-7-16(26(38-2)22(33)18(15)19(13)30)42-28-25(36)23(34)21(32)17(43-28)10-41-27-24(35)20(31)14(29)9-40-27/h3-6,8,14-18,20-29,31-36H,7,9-10H2,1-2H3. The Labute approximate surface area is 246 Å². The summed E-state index contributed by atoms with van der Waals surface area (Å²) >= 11 is 0. The van der Waals surface area contributed by atoms with Gasteiger partial charge in [0, 0.05) is 13.5 Å². The molecule has 43 heavy (non-hydrogen) atoms. The Morgan fingerprint density at radius 1 is 0.860 bits per heavy atom. The van der Waals surface area contributed by atoms with Crippen LogP contribution >= 0.6 is 0 Å². The number of hydrogen-bond acceptors (Lipinski definition) is 15. The molecule has 3 fully saturated rings. The molecule has 0 radical (unpaired) electrons. The minimum atomic E-state index is -1.73. The highest BCUT2D eigenvalue weighted by atomic mass is 16.7. The fraction of sp³-hybridized carbons (Fsp3) is 0.679. The average Bonchev–Trinajstić information content (AvgIpc) is 3.00. The van der Waals surface area contributed by atoms with Gasteiger partial charge in [0.2, 0.25) is 0 Å². The van der Waals surface area contributed by atoms with Crippen LogP contribution in [0.3, 0.4) is 0 Å². The number of Topliss-reactive ketones (excluding diaryl/α,β-unsaturated/α-hetero) is 1. The minimum absolute atomic E-state index is 0.0487. The first kappa shape index (κ1) is 32.2. The molecule has 1 aromatic carbocycles. The zero-order chi connectivity index (χ0) is 31.0. The number of aliphatic hydroxyl groups is 7. The van der Waals surface area contributed by atoms with Crippen LogP contribution in [0, 0.1) is 5.92 Å². The maximum atomic E-state index is 13.5. The number of aliphatic hydroxyl groups excluding tert-OH is 7. The molecule has 4 aliphatic rings. The smallest absolute Gasteiger partial charge is 0.187 e. The van der Waals surface area contributed by atoms with E-state index in [2.05, 4.69) is 0 Å². The van der Waals surface area contributed by atoms with Gasteiger partial charge < -0.3 is 68.9 Å². The van der Waals surface area contributed by atoms with Crippen molar-refractivity contribution >= 4 is 11.4 Å². The SMILES string of the molecule is COc1ccc(C2=COC3CC(OC4OC(COC5OCC(O)C(O)C5O)C(O)C(O)C4O)C(OC)C(O)C3C2=O)cc1. The van der Waals surface area contributed by atoms with Crippen molar-refractivity contribution in [1.29, 1.82) is 0 Å². The van der Waals surface area contributed by atoms with Crippen LogP contribution < -0.4 is 4.74 Å². The van der Waals surface area contributed by atoms with Crippen molar-refractivity contribution in [1.82, 2.24) is 0 Å². The van der Waals surface area contributed by atoms with Gasteiger partial charge in [0.05, 0.1) is 50.3 Å². The number of ether oxygens (including phenoxy) is 7. The number of methoxy groups -OCH3 is 2. The maximum Gasteiger partial charge on any atom is 0.187 e. The number of fused-ring (bicyclic) bond motifs is 1. The summed E-state index contributed by atoms with van der Waals surface area (Å²) in [4.78, 5) is 13.5. The third-order valence-electron chi connectivity index (χ3n) is 8.39. The second-order valence-electron chi connectivity index (χ2n) is 11.0. The number of hydrogen-bond donors (Lipinski definition) is 7. The lowest BCUT2D eigenvalue weighted by Crippen LogP contribution is -2.63. The van der Waals surface area contributed by atoms with Crippen LogP contribution in [-0.4, -0.2) is 149 Å². The van der Waals surface area contributed by atoms with Crippen LogP contribution in [0.15, 0.2) is 30.5 Å². The summed E-state index contributed by atoms with van der Waals surface area (Å²) in [6, 6.07) is 6.81. The zero-order valence-corrected chi connectivity index (χ0v) is 23.5. The van der Waals surface area contributed by atoms with Crippen LogP contribution in [0.5, 0.6) is 5.75 Å². The van der Waals surface area contributed by atoms with Crippen molar-refractivity contribution in [3.05, 3.63) is 36.1 Å². The van der Waals surface area contributed by atoms with Crippen LogP contribution in [0.2, 0.25) is 0 Å². The largest absolute Gasteiger partial charge is 0.497 e. The van der Waals surface area contributed by atoms with E-state index in [1.165, 1.54) is 20.5 Å². The number of carbonyl (C=O) groups is 1. The molecule has 1 aliphatic carbocycles. The fourth-order valence-electron chi connectivity index (χ4n) is 5.87. The van der Waals surface area contributed by atoms with Gasteiger partial charge in [-0.25, -0.2) is 0 Å². The molecule has 7 N–H and O–H groups in total. The molecule has 14 unspecified atom stereocenters. The van der Waals surface area contributed by atoms with Gasteiger partial charge in [-0.15, -0.1) is 0 Å². The highest BCUT2D eigenvalue weighted by Gasteiger charge is 2.54. The van der Waals surface area contributed by atoms with E-state index >= 15 is 0 Å². The Morgan fingerprint density at radius 3 is 2.23 bits per heavy atom. The molecule has 240 valence electrons. The van der Waals surface area contributed by atoms with E-state index in [1.807, 2.05) is 0 Å². The Hall–Kier alpha value is -2.25. The van der Waals surface area contributed by atoms with E-state index in [4.69, 9.17) is 33.2 Å². The quantitative estimate of drug-likeness (QED) is 0.155. The normalized spacial score (nSPS) is 43.4. The summed E-state index contributed by atoms with van der Waals surface area (Å²) < 4.78 is 38.9. The van der Waals surface area contributed by atoms with Crippen LogP contribution in [0.4, 0.5) is 0 Å². The van der Waals surface area contributed by atoms with E-state index in [1.54, 1.807) is 24.3 Å². The third kappa shape index (κ3) is 6.31. The van der Waals surface area contributed by atoms with Crippen molar-refractivity contribution in [2.75, 3.05) is 27.4 Å². The van der Waals surface area contributed by atoms with Crippen LogP contribution in [0.25, 0.3) is 5.57 Å².